The van der Waals surface area contributed by atoms with Crippen molar-refractivity contribution in [2.45, 2.75) is 6.54 Å². The molecule has 0 aliphatic rings. The molecule has 1 aromatic heterocycles. The second-order valence-corrected chi connectivity index (χ2v) is 7.12. The number of nitriles is 1. The number of rotatable bonds is 6. The number of allylic oxidation sites excluding steroid dienone is 1. The average Bonchev–Trinajstić information content (AvgIpc) is 3.15. The van der Waals surface area contributed by atoms with Gasteiger partial charge in [-0.1, -0.05) is 48.5 Å². The molecule has 156 valence electrons. The second kappa shape index (κ2) is 8.98. The summed E-state index contributed by atoms with van der Waals surface area (Å²) in [6.07, 6.45) is 3.50. The number of nitrogens with zero attached hydrogens (tertiary/aromatic N) is 3. The van der Waals surface area contributed by atoms with Crippen LogP contribution in [0.5, 0.6) is 0 Å². The Kier molecular flexibility index (Phi) is 5.77. The van der Waals surface area contributed by atoms with Crippen molar-refractivity contribution >= 4 is 39.8 Å². The first kappa shape index (κ1) is 20.6. The lowest BCUT2D eigenvalue weighted by molar-refractivity contribution is -0.384. The Labute approximate surface area is 184 Å². The molecule has 4 rings (SSSR count). The summed E-state index contributed by atoms with van der Waals surface area (Å²) in [4.78, 5) is 23.2. The average molecular weight is 422 g/mol. The van der Waals surface area contributed by atoms with E-state index < -0.39 is 4.92 Å². The van der Waals surface area contributed by atoms with E-state index in [2.05, 4.69) is 11.4 Å². The van der Waals surface area contributed by atoms with Gasteiger partial charge in [0.1, 0.15) is 6.54 Å². The maximum atomic E-state index is 12.6. The fourth-order valence-corrected chi connectivity index (χ4v) is 3.52. The topological polar surface area (TPSA) is 101 Å². The molecule has 0 radical (unpaired) electrons. The Balaban J connectivity index is 1.69. The van der Waals surface area contributed by atoms with Gasteiger partial charge in [0.25, 0.3) is 5.69 Å². The summed E-state index contributed by atoms with van der Waals surface area (Å²) < 4.78 is 1.82. The molecule has 7 nitrogen and oxygen atoms in total. The first-order chi connectivity index (χ1) is 15.5. The molecule has 0 unspecified atom stereocenters. The molecule has 0 aliphatic heterocycles. The Morgan fingerprint density at radius 1 is 1.06 bits per heavy atom. The molecule has 1 heterocycles. The molecule has 0 aliphatic carbocycles. The number of non-ortho nitro benzene ring substituents is 1. The summed E-state index contributed by atoms with van der Waals surface area (Å²) in [6.45, 7) is 0.0992. The van der Waals surface area contributed by atoms with Crippen LogP contribution >= 0.6 is 0 Å². The van der Waals surface area contributed by atoms with Crippen molar-refractivity contribution in [1.29, 1.82) is 5.26 Å². The highest BCUT2D eigenvalue weighted by atomic mass is 16.6. The fourth-order valence-electron chi connectivity index (χ4n) is 3.52. The van der Waals surface area contributed by atoms with E-state index in [1.807, 2.05) is 65.4 Å². The minimum Gasteiger partial charge on any atom is -0.337 e. The van der Waals surface area contributed by atoms with Crippen molar-refractivity contribution in [3.63, 3.8) is 0 Å². The van der Waals surface area contributed by atoms with E-state index in [-0.39, 0.29) is 18.1 Å². The highest BCUT2D eigenvalue weighted by Gasteiger charge is 2.13. The number of para-hydroxylation sites is 2. The van der Waals surface area contributed by atoms with Crippen LogP contribution in [0.1, 0.15) is 11.1 Å². The zero-order chi connectivity index (χ0) is 22.5. The van der Waals surface area contributed by atoms with Gasteiger partial charge in [0, 0.05) is 40.5 Å². The first-order valence-corrected chi connectivity index (χ1v) is 9.84. The quantitative estimate of drug-likeness (QED) is 0.260. The van der Waals surface area contributed by atoms with Gasteiger partial charge in [-0.15, -0.1) is 0 Å². The predicted molar refractivity (Wildman–Crippen MR) is 124 cm³/mol. The van der Waals surface area contributed by atoms with Crippen LogP contribution < -0.4 is 5.32 Å². The molecule has 1 N–H and O–H groups in total. The van der Waals surface area contributed by atoms with Crippen LogP contribution in [0.4, 0.5) is 11.4 Å². The molecule has 0 saturated heterocycles. The van der Waals surface area contributed by atoms with E-state index in [0.29, 0.717) is 16.8 Å². The van der Waals surface area contributed by atoms with E-state index in [1.54, 1.807) is 18.2 Å². The molecule has 1 amide bonds. The number of carbonyl (C=O) groups excluding carboxylic acids is 1. The smallest absolute Gasteiger partial charge is 0.270 e. The number of aromatic nitrogens is 1. The van der Waals surface area contributed by atoms with Gasteiger partial charge in [-0.05, 0) is 29.8 Å². The first-order valence-electron chi connectivity index (χ1n) is 9.84. The summed E-state index contributed by atoms with van der Waals surface area (Å²) in [6, 6.07) is 24.9. The Bertz CT molecular complexity index is 1380. The summed E-state index contributed by atoms with van der Waals surface area (Å²) in [5.41, 5.74) is 2.98. The lowest BCUT2D eigenvalue weighted by Crippen LogP contribution is -2.18. The van der Waals surface area contributed by atoms with Crippen LogP contribution in [0.2, 0.25) is 0 Å². The van der Waals surface area contributed by atoms with Crippen LogP contribution in [0.3, 0.4) is 0 Å². The maximum Gasteiger partial charge on any atom is 0.270 e. The number of hydrogen-bond donors (Lipinski definition) is 1. The molecule has 32 heavy (non-hydrogen) atoms. The highest BCUT2D eigenvalue weighted by Crippen LogP contribution is 2.27. The van der Waals surface area contributed by atoms with E-state index in [1.165, 1.54) is 12.1 Å². The largest absolute Gasteiger partial charge is 0.337 e. The summed E-state index contributed by atoms with van der Waals surface area (Å²) in [7, 11) is 0. The molecule has 0 fully saturated rings. The molecule has 3 aromatic carbocycles. The number of carbonyl (C=O) groups is 1. The molecular formula is C25H18N4O3. The number of anilines is 1. The van der Waals surface area contributed by atoms with E-state index in [4.69, 9.17) is 0 Å². The zero-order valence-corrected chi connectivity index (χ0v) is 16.9. The monoisotopic (exact) mass is 422 g/mol. The number of nitro benzene ring substituents is 1. The van der Waals surface area contributed by atoms with Gasteiger partial charge < -0.3 is 9.88 Å². The highest BCUT2D eigenvalue weighted by molar-refractivity contribution is 5.99. The van der Waals surface area contributed by atoms with Gasteiger partial charge in [-0.2, -0.15) is 5.26 Å². The normalized spacial score (nSPS) is 11.2. The molecule has 0 saturated carbocycles. The molecule has 0 atom stereocenters. The number of fused-ring (bicyclic) bond motifs is 1. The number of nitrogens with one attached hydrogen (secondary N) is 1. The number of hydrogen-bond acceptors (Lipinski definition) is 4. The number of benzene rings is 3. The molecule has 0 spiro atoms. The van der Waals surface area contributed by atoms with Gasteiger partial charge in [-0.3, -0.25) is 14.9 Å². The van der Waals surface area contributed by atoms with Gasteiger partial charge >= 0.3 is 0 Å². The van der Waals surface area contributed by atoms with E-state index in [9.17, 15) is 20.2 Å². The Hall–Kier alpha value is -4.70. The van der Waals surface area contributed by atoms with Crippen LogP contribution in [0, 0.1) is 21.4 Å². The minimum atomic E-state index is -0.490. The van der Waals surface area contributed by atoms with E-state index in [0.717, 1.165) is 16.5 Å². The third-order valence-electron chi connectivity index (χ3n) is 4.98. The zero-order valence-electron chi connectivity index (χ0n) is 16.9. The van der Waals surface area contributed by atoms with E-state index >= 15 is 0 Å². The van der Waals surface area contributed by atoms with Crippen molar-refractivity contribution in [2.24, 2.45) is 0 Å². The van der Waals surface area contributed by atoms with Gasteiger partial charge in [0.2, 0.25) is 5.91 Å². The third-order valence-corrected chi connectivity index (χ3v) is 4.98. The molecular weight excluding hydrogens is 404 g/mol. The number of amides is 1. The SMILES string of the molecule is N#CC(=Cc1cn(CC(=O)Nc2ccccc2)c2ccccc12)c1cccc([N+](=O)[O-])c1. The Morgan fingerprint density at radius 2 is 1.81 bits per heavy atom. The van der Waals surface area contributed by atoms with Crippen molar-refractivity contribution in [3.8, 4) is 6.07 Å². The predicted octanol–water partition coefficient (Wildman–Crippen LogP) is 5.25. The van der Waals surface area contributed by atoms with Crippen molar-refractivity contribution in [2.75, 3.05) is 5.32 Å². The maximum absolute atomic E-state index is 12.6. The number of nitro groups is 1. The van der Waals surface area contributed by atoms with Crippen LogP contribution in [0.15, 0.2) is 85.1 Å². The fraction of sp³-hybridized carbons (Fsp3) is 0.0400. The molecule has 7 heteroatoms. The lowest BCUT2D eigenvalue weighted by atomic mass is 10.0. The van der Waals surface area contributed by atoms with Crippen LogP contribution in [0.25, 0.3) is 22.6 Å². The Morgan fingerprint density at radius 3 is 2.56 bits per heavy atom. The van der Waals surface area contributed by atoms with Gasteiger partial charge in [-0.25, -0.2) is 0 Å². The third kappa shape index (κ3) is 4.40. The minimum absolute atomic E-state index is 0.0799. The van der Waals surface area contributed by atoms with Crippen molar-refractivity contribution in [1.82, 2.24) is 4.57 Å². The standard InChI is InChI=1S/C25H18N4O3/c26-15-19(18-7-6-10-22(14-18)29(31)32)13-20-16-28(24-12-5-4-11-23(20)24)17-25(30)27-21-8-2-1-3-9-21/h1-14,16H,17H2,(H,27,30). The van der Waals surface area contributed by atoms with Crippen LogP contribution in [-0.2, 0) is 11.3 Å². The van der Waals surface area contributed by atoms with Crippen LogP contribution in [-0.4, -0.2) is 15.4 Å². The van der Waals surface area contributed by atoms with Crippen molar-refractivity contribution < 1.29 is 9.72 Å². The van der Waals surface area contributed by atoms with Gasteiger partial charge in [0.15, 0.2) is 0 Å². The summed E-state index contributed by atoms with van der Waals surface area (Å²) >= 11 is 0. The van der Waals surface area contributed by atoms with Crippen molar-refractivity contribution in [3.05, 3.63) is 106 Å². The molecule has 4 aromatic rings. The summed E-state index contributed by atoms with van der Waals surface area (Å²) in [5.74, 6) is -0.174. The molecule has 0 bridgehead atoms. The second-order valence-electron chi connectivity index (χ2n) is 7.12. The summed E-state index contributed by atoms with van der Waals surface area (Å²) in [5, 5.41) is 24.5. The lowest BCUT2D eigenvalue weighted by Gasteiger charge is -2.07. The van der Waals surface area contributed by atoms with Gasteiger partial charge in [0.05, 0.1) is 16.6 Å².